The van der Waals surface area contributed by atoms with Crippen molar-refractivity contribution in [3.63, 3.8) is 0 Å². The number of nitrogens with zero attached hydrogens (tertiary/aromatic N) is 2. The Morgan fingerprint density at radius 2 is 1.28 bits per heavy atom. The van der Waals surface area contributed by atoms with Gasteiger partial charge in [-0.05, 0) is 35.2 Å². The molecule has 25 heavy (non-hydrogen) atoms. The zero-order valence-corrected chi connectivity index (χ0v) is 15.3. The van der Waals surface area contributed by atoms with Crippen LogP contribution in [0.15, 0.2) is 89.3 Å². The van der Waals surface area contributed by atoms with Crippen molar-refractivity contribution in [1.82, 2.24) is 9.29 Å². The lowest BCUT2D eigenvalue weighted by molar-refractivity contribution is 0.462. The number of hydrogen-bond donors (Lipinski definition) is 0. The number of aromatic nitrogens is 1. The third-order valence-corrected chi connectivity index (χ3v) is 5.95. The van der Waals surface area contributed by atoms with E-state index in [4.69, 9.17) is 4.98 Å². The van der Waals surface area contributed by atoms with Crippen LogP contribution in [0.3, 0.4) is 0 Å². The minimum Gasteiger partial charge on any atom is -0.236 e. The lowest BCUT2D eigenvalue weighted by atomic mass is 10.2. The van der Waals surface area contributed by atoms with Gasteiger partial charge in [-0.3, -0.25) is 0 Å². The summed E-state index contributed by atoms with van der Waals surface area (Å²) in [6, 6.07) is 29.5. The van der Waals surface area contributed by atoms with Gasteiger partial charge >= 0.3 is 0 Å². The van der Waals surface area contributed by atoms with Crippen LogP contribution in [-0.4, -0.2) is 9.29 Å². The molecule has 0 unspecified atom stereocenters. The second kappa shape index (κ2) is 7.83. The Bertz CT molecular complexity index is 861. The summed E-state index contributed by atoms with van der Waals surface area (Å²) in [6.45, 7) is 1.77. The lowest BCUT2D eigenvalue weighted by Gasteiger charge is -2.20. The molecule has 4 heteroatoms. The van der Waals surface area contributed by atoms with Gasteiger partial charge in [0.2, 0.25) is 0 Å². The monoisotopic (exact) mass is 362 g/mol. The average molecular weight is 363 g/mol. The maximum atomic E-state index is 4.78. The molecule has 0 atom stereocenters. The highest BCUT2D eigenvalue weighted by atomic mass is 32.2. The number of fused-ring (bicyclic) bond motifs is 1. The fourth-order valence-electron chi connectivity index (χ4n) is 2.70. The smallest absolute Gasteiger partial charge is 0.166 e. The van der Waals surface area contributed by atoms with E-state index in [1.807, 2.05) is 6.07 Å². The highest BCUT2D eigenvalue weighted by Crippen LogP contribution is 2.33. The van der Waals surface area contributed by atoms with Crippen molar-refractivity contribution >= 4 is 33.5 Å². The Morgan fingerprint density at radius 3 is 1.88 bits per heavy atom. The Labute approximate surface area is 156 Å². The summed E-state index contributed by atoms with van der Waals surface area (Å²) >= 11 is 3.50. The first-order valence-corrected chi connectivity index (χ1v) is 9.82. The van der Waals surface area contributed by atoms with Gasteiger partial charge in [-0.2, -0.15) is 0 Å². The fourth-order valence-corrected chi connectivity index (χ4v) is 4.91. The maximum absolute atomic E-state index is 4.78. The summed E-state index contributed by atoms with van der Waals surface area (Å²) in [4.78, 5) is 4.78. The molecule has 4 rings (SSSR count). The largest absolute Gasteiger partial charge is 0.236 e. The van der Waals surface area contributed by atoms with Crippen molar-refractivity contribution in [3.05, 3.63) is 96.1 Å². The van der Waals surface area contributed by atoms with Crippen LogP contribution in [0.1, 0.15) is 11.1 Å². The molecule has 0 bridgehead atoms. The van der Waals surface area contributed by atoms with E-state index in [0.29, 0.717) is 0 Å². The first-order valence-electron chi connectivity index (χ1n) is 8.23. The van der Waals surface area contributed by atoms with E-state index in [1.165, 1.54) is 15.8 Å². The molecular formula is C21H18N2S2. The van der Waals surface area contributed by atoms with Crippen molar-refractivity contribution < 1.29 is 0 Å². The molecule has 2 nitrogen and oxygen atoms in total. The van der Waals surface area contributed by atoms with Crippen LogP contribution in [0.25, 0.3) is 10.2 Å². The number of para-hydroxylation sites is 1. The average Bonchev–Trinajstić information content (AvgIpc) is 3.05. The van der Waals surface area contributed by atoms with Crippen molar-refractivity contribution in [2.24, 2.45) is 0 Å². The first kappa shape index (κ1) is 16.3. The summed E-state index contributed by atoms with van der Waals surface area (Å²) in [5.74, 6) is 0. The summed E-state index contributed by atoms with van der Waals surface area (Å²) < 4.78 is 4.71. The Hall–Kier alpha value is -2.14. The van der Waals surface area contributed by atoms with Crippen LogP contribution in [-0.2, 0) is 13.1 Å². The molecule has 0 saturated heterocycles. The van der Waals surface area contributed by atoms with Gasteiger partial charge in [-0.15, -0.1) is 11.3 Å². The number of thiazole rings is 1. The molecule has 3 aromatic carbocycles. The SMILES string of the molecule is c1ccc(CN(Cc2ccccc2)Sc2nc3ccccc3s2)cc1. The van der Waals surface area contributed by atoms with E-state index in [9.17, 15) is 0 Å². The molecule has 0 spiro atoms. The molecule has 0 aliphatic carbocycles. The molecule has 4 aromatic rings. The van der Waals surface area contributed by atoms with Crippen LogP contribution >= 0.6 is 23.3 Å². The first-order chi connectivity index (χ1) is 12.4. The number of benzene rings is 3. The predicted octanol–water partition coefficient (Wildman–Crippen LogP) is 6.01. The Kier molecular flexibility index (Phi) is 5.11. The molecule has 0 saturated carbocycles. The van der Waals surface area contributed by atoms with Gasteiger partial charge in [-0.25, -0.2) is 9.29 Å². The van der Waals surface area contributed by atoms with Crippen molar-refractivity contribution in [1.29, 1.82) is 0 Å². The standard InChI is InChI=1S/C21H18N2S2/c1-3-9-17(10-4-1)15-23(16-18-11-5-2-6-12-18)25-21-22-19-13-7-8-14-20(19)24-21/h1-14H,15-16H2. The number of hydrogen-bond acceptors (Lipinski definition) is 4. The summed E-state index contributed by atoms with van der Waals surface area (Å²) in [5.41, 5.74) is 3.70. The second-order valence-corrected chi connectivity index (χ2v) is 8.18. The highest BCUT2D eigenvalue weighted by molar-refractivity contribution is 7.98. The van der Waals surface area contributed by atoms with E-state index >= 15 is 0 Å². The molecule has 124 valence electrons. The van der Waals surface area contributed by atoms with E-state index in [0.717, 1.165) is 22.9 Å². The number of rotatable bonds is 6. The molecule has 1 aromatic heterocycles. The van der Waals surface area contributed by atoms with Crippen LogP contribution in [0, 0.1) is 0 Å². The van der Waals surface area contributed by atoms with Crippen LogP contribution in [0.4, 0.5) is 0 Å². The zero-order valence-electron chi connectivity index (χ0n) is 13.7. The molecule has 0 aliphatic rings. The normalized spacial score (nSPS) is 11.2. The molecule has 1 heterocycles. The van der Waals surface area contributed by atoms with Gasteiger partial charge in [0.1, 0.15) is 0 Å². The molecule has 0 aliphatic heterocycles. The minimum atomic E-state index is 0.885. The quantitative estimate of drug-likeness (QED) is 0.391. The van der Waals surface area contributed by atoms with Gasteiger partial charge in [0, 0.05) is 13.1 Å². The van der Waals surface area contributed by atoms with E-state index < -0.39 is 0 Å². The molecule has 0 N–H and O–H groups in total. The Balaban J connectivity index is 1.57. The fraction of sp³-hybridized carbons (Fsp3) is 0.0952. The van der Waals surface area contributed by atoms with Gasteiger partial charge in [0.25, 0.3) is 0 Å². The van der Waals surface area contributed by atoms with Crippen molar-refractivity contribution in [2.45, 2.75) is 17.4 Å². The third kappa shape index (κ3) is 4.28. The summed E-state index contributed by atoms with van der Waals surface area (Å²) in [7, 11) is 0. The van der Waals surface area contributed by atoms with Crippen molar-refractivity contribution in [2.75, 3.05) is 0 Å². The van der Waals surface area contributed by atoms with Gasteiger partial charge in [0.15, 0.2) is 4.34 Å². The second-order valence-electron chi connectivity index (χ2n) is 5.81. The van der Waals surface area contributed by atoms with E-state index in [-0.39, 0.29) is 0 Å². The molecular weight excluding hydrogens is 344 g/mol. The molecule has 0 amide bonds. The van der Waals surface area contributed by atoms with Crippen LogP contribution < -0.4 is 0 Å². The van der Waals surface area contributed by atoms with Crippen molar-refractivity contribution in [3.8, 4) is 0 Å². The summed E-state index contributed by atoms with van der Waals surface area (Å²) in [5, 5.41) is 0. The highest BCUT2D eigenvalue weighted by Gasteiger charge is 2.12. The molecule has 0 fully saturated rings. The summed E-state index contributed by atoms with van der Waals surface area (Å²) in [6.07, 6.45) is 0. The maximum Gasteiger partial charge on any atom is 0.166 e. The lowest BCUT2D eigenvalue weighted by Crippen LogP contribution is -2.14. The van der Waals surface area contributed by atoms with E-state index in [2.05, 4.69) is 83.2 Å². The molecule has 0 radical (unpaired) electrons. The Morgan fingerprint density at radius 1 is 0.720 bits per heavy atom. The predicted molar refractivity (Wildman–Crippen MR) is 108 cm³/mol. The third-order valence-electron chi connectivity index (χ3n) is 3.88. The van der Waals surface area contributed by atoms with Gasteiger partial charge in [0.05, 0.1) is 10.2 Å². The minimum absolute atomic E-state index is 0.885. The van der Waals surface area contributed by atoms with Crippen LogP contribution in [0.2, 0.25) is 0 Å². The van der Waals surface area contributed by atoms with Gasteiger partial charge < -0.3 is 0 Å². The topological polar surface area (TPSA) is 16.1 Å². The zero-order chi connectivity index (χ0) is 16.9. The van der Waals surface area contributed by atoms with E-state index in [1.54, 1.807) is 23.3 Å². The van der Waals surface area contributed by atoms with Crippen LogP contribution in [0.5, 0.6) is 0 Å². The van der Waals surface area contributed by atoms with Gasteiger partial charge in [-0.1, -0.05) is 72.8 Å².